The van der Waals surface area contributed by atoms with Crippen molar-refractivity contribution in [3.8, 4) is 0 Å². The van der Waals surface area contributed by atoms with E-state index in [9.17, 15) is 4.79 Å². The molecule has 3 nitrogen and oxygen atoms in total. The SMILES string of the molecule is CC1(C)C(C(=O)NC2CCCc3cc(N)ccc32)C1(C)C.Cl. The topological polar surface area (TPSA) is 55.1 Å². The molecule has 1 unspecified atom stereocenters. The molecule has 1 atom stereocenters. The molecule has 2 aliphatic rings. The van der Waals surface area contributed by atoms with Gasteiger partial charge < -0.3 is 11.1 Å². The second-order valence-corrected chi connectivity index (χ2v) is 7.79. The molecule has 2 aliphatic carbocycles. The molecular weight excluding hydrogens is 296 g/mol. The smallest absolute Gasteiger partial charge is 0.224 e. The third-order valence-corrected chi connectivity index (χ3v) is 6.08. The van der Waals surface area contributed by atoms with Crippen LogP contribution in [0.2, 0.25) is 0 Å². The number of nitrogens with two attached hydrogens (primary N) is 1. The van der Waals surface area contributed by atoms with Gasteiger partial charge in [0, 0.05) is 11.6 Å². The molecule has 0 spiro atoms. The van der Waals surface area contributed by atoms with E-state index in [1.54, 1.807) is 0 Å². The lowest BCUT2D eigenvalue weighted by Gasteiger charge is -2.27. The highest BCUT2D eigenvalue weighted by Crippen LogP contribution is 2.68. The van der Waals surface area contributed by atoms with Gasteiger partial charge in [0.05, 0.1) is 6.04 Å². The molecule has 0 heterocycles. The Morgan fingerprint density at radius 3 is 2.45 bits per heavy atom. The minimum absolute atomic E-state index is 0. The van der Waals surface area contributed by atoms with Gasteiger partial charge in [0.15, 0.2) is 0 Å². The van der Waals surface area contributed by atoms with Gasteiger partial charge in [0.25, 0.3) is 0 Å². The summed E-state index contributed by atoms with van der Waals surface area (Å²) < 4.78 is 0. The van der Waals surface area contributed by atoms with Crippen LogP contribution in [0.15, 0.2) is 18.2 Å². The van der Waals surface area contributed by atoms with E-state index in [2.05, 4.69) is 45.1 Å². The van der Waals surface area contributed by atoms with E-state index in [-0.39, 0.29) is 41.1 Å². The molecule has 3 rings (SSSR count). The Hall–Kier alpha value is -1.22. The van der Waals surface area contributed by atoms with Gasteiger partial charge in [-0.2, -0.15) is 0 Å². The van der Waals surface area contributed by atoms with Crippen molar-refractivity contribution < 1.29 is 4.79 Å². The highest BCUT2D eigenvalue weighted by molar-refractivity contribution is 5.85. The Balaban J connectivity index is 0.00000176. The summed E-state index contributed by atoms with van der Waals surface area (Å²) in [6.45, 7) is 8.75. The number of fused-ring (bicyclic) bond motifs is 1. The maximum absolute atomic E-state index is 12.6. The van der Waals surface area contributed by atoms with E-state index in [0.717, 1.165) is 24.9 Å². The number of anilines is 1. The van der Waals surface area contributed by atoms with Gasteiger partial charge in [-0.15, -0.1) is 12.4 Å². The summed E-state index contributed by atoms with van der Waals surface area (Å²) in [4.78, 5) is 12.6. The van der Waals surface area contributed by atoms with Gasteiger partial charge in [0.1, 0.15) is 0 Å². The van der Waals surface area contributed by atoms with E-state index in [1.165, 1.54) is 11.1 Å². The molecule has 1 saturated carbocycles. The van der Waals surface area contributed by atoms with Crippen molar-refractivity contribution in [3.05, 3.63) is 29.3 Å². The minimum atomic E-state index is 0. The van der Waals surface area contributed by atoms with Crippen molar-refractivity contribution in [1.29, 1.82) is 0 Å². The average Bonchev–Trinajstić information content (AvgIpc) is 2.79. The number of carbonyl (C=O) groups excluding carboxylic acids is 1. The molecule has 1 fully saturated rings. The number of benzene rings is 1. The zero-order chi connectivity index (χ0) is 15.4. The van der Waals surface area contributed by atoms with Gasteiger partial charge in [-0.25, -0.2) is 0 Å². The van der Waals surface area contributed by atoms with Crippen molar-refractivity contribution >= 4 is 24.0 Å². The third kappa shape index (κ3) is 2.50. The molecule has 4 heteroatoms. The predicted octanol–water partition coefficient (Wildman–Crippen LogP) is 3.87. The molecule has 0 radical (unpaired) electrons. The standard InChI is InChI=1S/C18H26N2O.ClH/c1-17(2)15(18(17,3)4)16(21)20-14-7-5-6-11-10-12(19)8-9-13(11)14;/h8-10,14-15H,5-7,19H2,1-4H3,(H,20,21);1H. The van der Waals surface area contributed by atoms with Crippen LogP contribution >= 0.6 is 12.4 Å². The minimum Gasteiger partial charge on any atom is -0.399 e. The number of hydrogen-bond acceptors (Lipinski definition) is 2. The monoisotopic (exact) mass is 322 g/mol. The number of hydrogen-bond donors (Lipinski definition) is 2. The summed E-state index contributed by atoms with van der Waals surface area (Å²) >= 11 is 0. The largest absolute Gasteiger partial charge is 0.399 e. The Kier molecular flexibility index (Phi) is 4.25. The molecule has 0 aliphatic heterocycles. The van der Waals surface area contributed by atoms with Crippen LogP contribution in [0.25, 0.3) is 0 Å². The van der Waals surface area contributed by atoms with Crippen molar-refractivity contribution in [2.24, 2.45) is 16.7 Å². The van der Waals surface area contributed by atoms with E-state index < -0.39 is 0 Å². The normalized spacial score (nSPS) is 24.8. The van der Waals surface area contributed by atoms with Crippen LogP contribution in [0.4, 0.5) is 5.69 Å². The molecule has 0 saturated heterocycles. The Morgan fingerprint density at radius 1 is 1.23 bits per heavy atom. The first-order valence-electron chi connectivity index (χ1n) is 7.94. The van der Waals surface area contributed by atoms with Crippen molar-refractivity contribution in [2.75, 3.05) is 5.73 Å². The summed E-state index contributed by atoms with van der Waals surface area (Å²) in [6.07, 6.45) is 3.20. The van der Waals surface area contributed by atoms with Crippen molar-refractivity contribution in [1.82, 2.24) is 5.32 Å². The Labute approximate surface area is 139 Å². The molecule has 122 valence electrons. The van der Waals surface area contributed by atoms with Crippen LogP contribution in [0.5, 0.6) is 0 Å². The van der Waals surface area contributed by atoms with Gasteiger partial charge >= 0.3 is 0 Å². The van der Waals surface area contributed by atoms with E-state index >= 15 is 0 Å². The number of nitrogen functional groups attached to an aromatic ring is 1. The second-order valence-electron chi connectivity index (χ2n) is 7.79. The van der Waals surface area contributed by atoms with Crippen LogP contribution in [-0.2, 0) is 11.2 Å². The molecule has 1 amide bonds. The first-order valence-corrected chi connectivity index (χ1v) is 7.94. The average molecular weight is 323 g/mol. The summed E-state index contributed by atoms with van der Waals surface area (Å²) in [5.41, 5.74) is 9.41. The lowest BCUT2D eigenvalue weighted by Crippen LogP contribution is -2.33. The van der Waals surface area contributed by atoms with Crippen LogP contribution < -0.4 is 11.1 Å². The van der Waals surface area contributed by atoms with Gasteiger partial charge in [-0.05, 0) is 53.4 Å². The maximum Gasteiger partial charge on any atom is 0.224 e. The number of halogens is 1. The maximum atomic E-state index is 12.6. The molecule has 22 heavy (non-hydrogen) atoms. The Morgan fingerprint density at radius 2 is 1.86 bits per heavy atom. The number of amides is 1. The predicted molar refractivity (Wildman–Crippen MR) is 93.0 cm³/mol. The quantitative estimate of drug-likeness (QED) is 0.812. The lowest BCUT2D eigenvalue weighted by atomic mass is 9.87. The molecule has 0 aromatic heterocycles. The zero-order valence-electron chi connectivity index (χ0n) is 13.9. The summed E-state index contributed by atoms with van der Waals surface area (Å²) in [5.74, 6) is 0.323. The number of aryl methyl sites for hydroxylation is 1. The molecule has 1 aromatic carbocycles. The van der Waals surface area contributed by atoms with Gasteiger partial charge in [-0.3, -0.25) is 4.79 Å². The van der Waals surface area contributed by atoms with Crippen LogP contribution in [0.3, 0.4) is 0 Å². The van der Waals surface area contributed by atoms with Crippen LogP contribution in [-0.4, -0.2) is 5.91 Å². The molecule has 1 aromatic rings. The Bertz CT molecular complexity index is 581. The first kappa shape index (κ1) is 17.1. The molecule has 3 N–H and O–H groups in total. The number of nitrogens with one attached hydrogen (secondary N) is 1. The van der Waals surface area contributed by atoms with E-state index in [4.69, 9.17) is 5.73 Å². The fourth-order valence-corrected chi connectivity index (χ4v) is 4.09. The fourth-order valence-electron chi connectivity index (χ4n) is 4.09. The van der Waals surface area contributed by atoms with E-state index in [1.807, 2.05) is 6.07 Å². The first-order chi connectivity index (χ1) is 9.75. The molecule has 0 bridgehead atoms. The lowest BCUT2D eigenvalue weighted by molar-refractivity contribution is -0.124. The summed E-state index contributed by atoms with van der Waals surface area (Å²) in [7, 11) is 0. The van der Waals surface area contributed by atoms with E-state index in [0.29, 0.717) is 0 Å². The zero-order valence-corrected chi connectivity index (χ0v) is 14.7. The van der Waals surface area contributed by atoms with Gasteiger partial charge in [0.2, 0.25) is 5.91 Å². The summed E-state index contributed by atoms with van der Waals surface area (Å²) in [6, 6.07) is 6.22. The van der Waals surface area contributed by atoms with Crippen molar-refractivity contribution in [2.45, 2.75) is 53.0 Å². The second kappa shape index (κ2) is 5.45. The fraction of sp³-hybridized carbons (Fsp3) is 0.611. The van der Waals surface area contributed by atoms with Crippen molar-refractivity contribution in [3.63, 3.8) is 0 Å². The highest BCUT2D eigenvalue weighted by atomic mass is 35.5. The third-order valence-electron chi connectivity index (χ3n) is 6.08. The summed E-state index contributed by atoms with van der Waals surface area (Å²) in [5, 5.41) is 3.29. The van der Waals surface area contributed by atoms with Crippen LogP contribution in [0.1, 0.15) is 57.7 Å². The highest BCUT2D eigenvalue weighted by Gasteiger charge is 2.68. The number of rotatable bonds is 2. The van der Waals surface area contributed by atoms with Crippen LogP contribution in [0, 0.1) is 16.7 Å². The number of carbonyl (C=O) groups is 1. The molecular formula is C18H27ClN2O. The van der Waals surface area contributed by atoms with Gasteiger partial charge in [-0.1, -0.05) is 33.8 Å².